The zero-order valence-electron chi connectivity index (χ0n) is 16.8. The minimum absolute atomic E-state index is 0.104. The highest BCUT2D eigenvalue weighted by Crippen LogP contribution is 2.27. The number of cyclic esters (lactones) is 1. The molecule has 0 aliphatic carbocycles. The van der Waals surface area contributed by atoms with Gasteiger partial charge in [-0.05, 0) is 30.7 Å². The Bertz CT molecular complexity index is 859. The average Bonchev–Trinajstić information content (AvgIpc) is 3.09. The zero-order chi connectivity index (χ0) is 22.1. The molecule has 10 heteroatoms. The van der Waals surface area contributed by atoms with Crippen LogP contribution in [0.15, 0.2) is 36.5 Å². The Hall–Kier alpha value is -3.56. The highest BCUT2D eigenvalue weighted by atomic mass is 19.1. The van der Waals surface area contributed by atoms with Crippen LogP contribution in [-0.2, 0) is 9.53 Å². The van der Waals surface area contributed by atoms with Gasteiger partial charge in [0.2, 0.25) is 11.8 Å². The topological polar surface area (TPSA) is 127 Å². The highest BCUT2D eigenvalue weighted by molar-refractivity contribution is 5.89. The number of nitrogen functional groups attached to an aromatic ring is 1. The van der Waals surface area contributed by atoms with Crippen molar-refractivity contribution in [2.45, 2.75) is 26.4 Å². The normalized spacial score (nSPS) is 15.1. The number of amides is 2. The number of nitrogens with zero attached hydrogens (tertiary/aromatic N) is 2. The average molecular weight is 420 g/mol. The number of anilines is 2. The fourth-order valence-corrected chi connectivity index (χ4v) is 2.49. The van der Waals surface area contributed by atoms with Crippen LogP contribution in [0.5, 0.6) is 11.6 Å². The van der Waals surface area contributed by atoms with Crippen LogP contribution in [0.2, 0.25) is 0 Å². The van der Waals surface area contributed by atoms with E-state index in [0.29, 0.717) is 18.0 Å². The second kappa shape index (κ2) is 10.8. The quantitative estimate of drug-likeness (QED) is 0.655. The first kappa shape index (κ1) is 22.7. The van der Waals surface area contributed by atoms with Gasteiger partial charge in [0.05, 0.1) is 31.1 Å². The van der Waals surface area contributed by atoms with Crippen molar-refractivity contribution >= 4 is 23.4 Å². The molecule has 9 nitrogen and oxygen atoms in total. The van der Waals surface area contributed by atoms with Gasteiger partial charge < -0.3 is 25.6 Å². The molecule has 162 valence electrons. The molecular weight excluding hydrogens is 395 g/mol. The maximum absolute atomic E-state index is 13.9. The Morgan fingerprint density at radius 2 is 2.23 bits per heavy atom. The number of hydrogen-bond acceptors (Lipinski definition) is 7. The van der Waals surface area contributed by atoms with Crippen molar-refractivity contribution in [3.05, 3.63) is 42.3 Å². The van der Waals surface area contributed by atoms with E-state index < -0.39 is 18.0 Å². The predicted molar refractivity (Wildman–Crippen MR) is 109 cm³/mol. The molecule has 3 rings (SSSR count). The molecule has 1 saturated heterocycles. The summed E-state index contributed by atoms with van der Waals surface area (Å²) < 4.78 is 24.3. The van der Waals surface area contributed by atoms with Gasteiger partial charge in [-0.1, -0.05) is 6.92 Å². The molecule has 1 atom stereocenters. The van der Waals surface area contributed by atoms with Crippen molar-refractivity contribution in [2.24, 2.45) is 0 Å². The van der Waals surface area contributed by atoms with E-state index in [-0.39, 0.29) is 30.6 Å². The third-order valence-electron chi connectivity index (χ3n) is 3.96. The molecule has 0 spiro atoms. The molecule has 2 aromatic rings. The lowest BCUT2D eigenvalue weighted by molar-refractivity contribution is -0.119. The van der Waals surface area contributed by atoms with Crippen molar-refractivity contribution in [2.75, 3.05) is 30.3 Å². The molecule has 30 heavy (non-hydrogen) atoms. The second-order valence-electron chi connectivity index (χ2n) is 6.43. The summed E-state index contributed by atoms with van der Waals surface area (Å²) in [6.45, 7) is 4.24. The van der Waals surface area contributed by atoms with E-state index >= 15 is 0 Å². The number of benzene rings is 1. The number of hydrogen-bond donors (Lipinski definition) is 3. The van der Waals surface area contributed by atoms with Gasteiger partial charge in [0, 0.05) is 19.2 Å². The molecule has 0 radical (unpaired) electrons. The molecule has 1 aliphatic rings. The van der Waals surface area contributed by atoms with Crippen molar-refractivity contribution in [1.29, 1.82) is 0 Å². The Labute approximate surface area is 173 Å². The number of aromatic hydroxyl groups is 1. The minimum Gasteiger partial charge on any atom is -0.492 e. The second-order valence-corrected chi connectivity index (χ2v) is 6.43. The summed E-state index contributed by atoms with van der Waals surface area (Å²) in [6.07, 6.45) is 1.25. The summed E-state index contributed by atoms with van der Waals surface area (Å²) in [6, 6.07) is 7.59. The van der Waals surface area contributed by atoms with Crippen molar-refractivity contribution in [1.82, 2.24) is 10.3 Å². The minimum atomic E-state index is -0.558. The lowest BCUT2D eigenvalue weighted by Crippen LogP contribution is -2.33. The summed E-state index contributed by atoms with van der Waals surface area (Å²) in [7, 11) is 0. The fraction of sp³-hybridized carbons (Fsp3) is 0.350. The first-order valence-corrected chi connectivity index (χ1v) is 9.36. The Balaban J connectivity index is 0.000000335. The highest BCUT2D eigenvalue weighted by Gasteiger charge is 2.32. The molecule has 2 amide bonds. The SMILES string of the molecule is CCCOc1ccc(N2CC(CNC(C)=O)OC2=O)cc1F.Nc1cccnc1O. The lowest BCUT2D eigenvalue weighted by atomic mass is 10.2. The first-order chi connectivity index (χ1) is 14.3. The molecule has 0 saturated carbocycles. The number of ether oxygens (including phenoxy) is 2. The van der Waals surface area contributed by atoms with Crippen molar-refractivity contribution < 1.29 is 28.6 Å². The van der Waals surface area contributed by atoms with E-state index in [2.05, 4.69) is 10.3 Å². The first-order valence-electron chi connectivity index (χ1n) is 9.36. The van der Waals surface area contributed by atoms with Gasteiger partial charge >= 0.3 is 6.09 Å². The fourth-order valence-electron chi connectivity index (χ4n) is 2.49. The molecule has 0 bridgehead atoms. The maximum atomic E-state index is 13.9. The van der Waals surface area contributed by atoms with Crippen LogP contribution in [-0.4, -0.2) is 47.9 Å². The van der Waals surface area contributed by atoms with E-state index in [1.54, 1.807) is 18.2 Å². The summed E-state index contributed by atoms with van der Waals surface area (Å²) in [5.74, 6) is -0.664. The number of pyridine rings is 1. The Morgan fingerprint density at radius 1 is 1.47 bits per heavy atom. The van der Waals surface area contributed by atoms with E-state index in [0.717, 1.165) is 6.42 Å². The Kier molecular flexibility index (Phi) is 8.21. The van der Waals surface area contributed by atoms with Gasteiger partial charge in [-0.15, -0.1) is 0 Å². The summed E-state index contributed by atoms with van der Waals surface area (Å²) >= 11 is 0. The monoisotopic (exact) mass is 420 g/mol. The molecule has 2 heterocycles. The van der Waals surface area contributed by atoms with Crippen LogP contribution in [0.3, 0.4) is 0 Å². The number of nitrogens with two attached hydrogens (primary N) is 1. The van der Waals surface area contributed by atoms with Gasteiger partial charge in [0.15, 0.2) is 11.6 Å². The molecule has 1 aromatic carbocycles. The van der Waals surface area contributed by atoms with Crippen LogP contribution in [0.25, 0.3) is 0 Å². The van der Waals surface area contributed by atoms with Gasteiger partial charge in [-0.2, -0.15) is 0 Å². The van der Waals surface area contributed by atoms with E-state index in [9.17, 15) is 14.0 Å². The third kappa shape index (κ3) is 6.50. The number of aromatic nitrogens is 1. The lowest BCUT2D eigenvalue weighted by Gasteiger charge is -2.14. The number of rotatable bonds is 6. The number of nitrogens with one attached hydrogen (secondary N) is 1. The maximum Gasteiger partial charge on any atom is 0.414 e. The molecule has 1 unspecified atom stereocenters. The van der Waals surface area contributed by atoms with Crippen LogP contribution < -0.4 is 20.7 Å². The summed E-state index contributed by atoms with van der Waals surface area (Å²) in [5.41, 5.74) is 5.92. The predicted octanol–water partition coefficient (Wildman–Crippen LogP) is 2.45. The van der Waals surface area contributed by atoms with Gasteiger partial charge in [-0.25, -0.2) is 14.2 Å². The van der Waals surface area contributed by atoms with Gasteiger partial charge in [0.1, 0.15) is 6.10 Å². The Morgan fingerprint density at radius 3 is 2.80 bits per heavy atom. The summed E-state index contributed by atoms with van der Waals surface area (Å²) in [5, 5.41) is 11.3. The molecule has 1 aliphatic heterocycles. The van der Waals surface area contributed by atoms with Crippen LogP contribution in [0.4, 0.5) is 20.6 Å². The molecule has 1 aromatic heterocycles. The van der Waals surface area contributed by atoms with Crippen LogP contribution in [0.1, 0.15) is 20.3 Å². The number of halogens is 1. The third-order valence-corrected chi connectivity index (χ3v) is 3.96. The summed E-state index contributed by atoms with van der Waals surface area (Å²) in [4.78, 5) is 27.6. The molecular formula is C20H25FN4O5. The number of carbonyl (C=O) groups is 2. The van der Waals surface area contributed by atoms with Crippen molar-refractivity contribution in [3.63, 3.8) is 0 Å². The van der Waals surface area contributed by atoms with Gasteiger partial charge in [-0.3, -0.25) is 9.69 Å². The van der Waals surface area contributed by atoms with E-state index in [1.165, 1.54) is 30.2 Å². The van der Waals surface area contributed by atoms with Crippen LogP contribution in [0, 0.1) is 5.82 Å². The van der Waals surface area contributed by atoms with Gasteiger partial charge in [0.25, 0.3) is 0 Å². The molecule has 4 N–H and O–H groups in total. The standard InChI is InChI=1S/C15H19FN2O4.C5H6N2O/c1-3-6-21-14-5-4-11(7-13(14)16)18-9-12(22-15(18)20)8-17-10(2)19;6-4-2-1-3-7-5(4)8/h4-5,7,12H,3,6,8-9H2,1-2H3,(H,17,19);1-3H,6H2,(H,7,8). The van der Waals surface area contributed by atoms with E-state index in [1.807, 2.05) is 6.92 Å². The number of carbonyl (C=O) groups excluding carboxylic acids is 2. The molecule has 1 fully saturated rings. The van der Waals surface area contributed by atoms with E-state index in [4.69, 9.17) is 20.3 Å². The largest absolute Gasteiger partial charge is 0.492 e. The zero-order valence-corrected chi connectivity index (χ0v) is 16.8. The van der Waals surface area contributed by atoms with Crippen molar-refractivity contribution in [3.8, 4) is 11.6 Å². The van der Waals surface area contributed by atoms with Crippen LogP contribution >= 0.6 is 0 Å². The smallest absolute Gasteiger partial charge is 0.414 e.